The van der Waals surface area contributed by atoms with Gasteiger partial charge in [-0.1, -0.05) is 48.6 Å². The third-order valence-corrected chi connectivity index (χ3v) is 2.57. The minimum atomic E-state index is -0.0855. The number of hydrogen-bond acceptors (Lipinski definition) is 2. The molecule has 16 heavy (non-hydrogen) atoms. The van der Waals surface area contributed by atoms with Gasteiger partial charge in [-0.25, -0.2) is 4.79 Å². The molecule has 2 heteroatoms. The van der Waals surface area contributed by atoms with Crippen molar-refractivity contribution < 1.29 is 9.53 Å². The molecule has 1 aliphatic rings. The van der Waals surface area contributed by atoms with Crippen LogP contribution in [0.4, 0.5) is 0 Å². The Morgan fingerprint density at radius 3 is 2.69 bits per heavy atom. The van der Waals surface area contributed by atoms with E-state index in [0.717, 1.165) is 11.1 Å². The topological polar surface area (TPSA) is 26.3 Å². The molecular formula is C14H12O2. The van der Waals surface area contributed by atoms with Crippen LogP contribution >= 0.6 is 0 Å². The van der Waals surface area contributed by atoms with Gasteiger partial charge in [0.15, 0.2) is 11.7 Å². The van der Waals surface area contributed by atoms with Crippen LogP contribution in [0.5, 0.6) is 0 Å². The summed E-state index contributed by atoms with van der Waals surface area (Å²) in [6.45, 7) is 0. The Morgan fingerprint density at radius 2 is 2.06 bits per heavy atom. The first-order valence-corrected chi connectivity index (χ1v) is 5.09. The minimum Gasteiger partial charge on any atom is -0.489 e. The summed E-state index contributed by atoms with van der Waals surface area (Å²) in [5.74, 6) is 2.05. The summed E-state index contributed by atoms with van der Waals surface area (Å²) in [4.78, 5) is 10.6. The molecule has 1 unspecified atom stereocenters. The van der Waals surface area contributed by atoms with Crippen molar-refractivity contribution in [1.82, 2.24) is 0 Å². The summed E-state index contributed by atoms with van der Waals surface area (Å²) in [6.07, 6.45) is 5.93. The van der Waals surface area contributed by atoms with Crippen molar-refractivity contribution in [1.29, 1.82) is 0 Å². The molecule has 1 aromatic carbocycles. The molecule has 0 N–H and O–H groups in total. The van der Waals surface area contributed by atoms with Crippen LogP contribution in [-0.2, 0) is 9.53 Å². The third-order valence-electron chi connectivity index (χ3n) is 2.57. The Morgan fingerprint density at radius 1 is 1.31 bits per heavy atom. The molecule has 1 atom stereocenters. The first kappa shape index (κ1) is 10.5. The molecule has 0 amide bonds. The lowest BCUT2D eigenvalue weighted by Crippen LogP contribution is -1.98. The van der Waals surface area contributed by atoms with E-state index in [9.17, 15) is 4.79 Å². The average molecular weight is 212 g/mol. The van der Waals surface area contributed by atoms with Crippen LogP contribution in [0.25, 0.3) is 5.57 Å². The van der Waals surface area contributed by atoms with Crippen molar-refractivity contribution >= 4 is 11.5 Å². The van der Waals surface area contributed by atoms with Gasteiger partial charge in [-0.15, -0.1) is 0 Å². The third kappa shape index (κ3) is 1.97. The highest BCUT2D eigenvalue weighted by Crippen LogP contribution is 2.28. The molecule has 0 aliphatic heterocycles. The predicted octanol–water partition coefficient (Wildman–Crippen LogP) is 2.62. The monoisotopic (exact) mass is 212 g/mol. The Labute approximate surface area is 94.6 Å². The highest BCUT2D eigenvalue weighted by atomic mass is 16.5. The summed E-state index contributed by atoms with van der Waals surface area (Å²) in [5.41, 5.74) is 2.25. The van der Waals surface area contributed by atoms with E-state index >= 15 is 0 Å². The van der Waals surface area contributed by atoms with Gasteiger partial charge in [-0.2, -0.15) is 0 Å². The van der Waals surface area contributed by atoms with E-state index < -0.39 is 0 Å². The fraction of sp³-hybridized carbons (Fsp3) is 0.143. The van der Waals surface area contributed by atoms with Crippen molar-refractivity contribution in [2.24, 2.45) is 5.92 Å². The fourth-order valence-electron chi connectivity index (χ4n) is 1.74. The van der Waals surface area contributed by atoms with E-state index in [0.29, 0.717) is 5.76 Å². The van der Waals surface area contributed by atoms with Crippen LogP contribution in [0.3, 0.4) is 0 Å². The molecule has 0 heterocycles. The molecule has 0 radical (unpaired) electrons. The largest absolute Gasteiger partial charge is 0.489 e. The molecule has 1 aromatic rings. The quantitative estimate of drug-likeness (QED) is 0.568. The van der Waals surface area contributed by atoms with E-state index in [4.69, 9.17) is 4.74 Å². The molecule has 2 rings (SSSR count). The molecule has 0 aromatic heterocycles. The van der Waals surface area contributed by atoms with Gasteiger partial charge in [-0.3, -0.25) is 0 Å². The Balaban J connectivity index is 2.26. The summed E-state index contributed by atoms with van der Waals surface area (Å²) < 4.78 is 4.96. The van der Waals surface area contributed by atoms with E-state index in [-0.39, 0.29) is 5.92 Å². The van der Waals surface area contributed by atoms with E-state index in [2.05, 4.69) is 0 Å². The van der Waals surface area contributed by atoms with E-state index in [1.165, 1.54) is 7.11 Å². The highest BCUT2D eigenvalue weighted by molar-refractivity contribution is 5.78. The molecule has 1 aliphatic carbocycles. The van der Waals surface area contributed by atoms with Gasteiger partial charge in [-0.05, 0) is 11.1 Å². The lowest BCUT2D eigenvalue weighted by molar-refractivity contribution is 0.273. The van der Waals surface area contributed by atoms with Crippen molar-refractivity contribution in [2.45, 2.75) is 0 Å². The van der Waals surface area contributed by atoms with Crippen molar-refractivity contribution in [2.75, 3.05) is 7.11 Å². The number of allylic oxidation sites excluding steroid dienone is 3. The molecule has 0 fully saturated rings. The summed E-state index contributed by atoms with van der Waals surface area (Å²) in [6, 6.07) is 10.0. The first-order valence-electron chi connectivity index (χ1n) is 5.09. The molecule has 0 spiro atoms. The maximum atomic E-state index is 10.6. The zero-order valence-corrected chi connectivity index (χ0v) is 9.01. The number of hydrogen-bond donors (Lipinski definition) is 0. The smallest absolute Gasteiger partial charge is 0.189 e. The maximum Gasteiger partial charge on any atom is 0.189 e. The zero-order chi connectivity index (χ0) is 11.4. The molecular weight excluding hydrogens is 200 g/mol. The average Bonchev–Trinajstić information content (AvgIpc) is 2.81. The minimum absolute atomic E-state index is 0.0855. The molecule has 80 valence electrons. The second-order valence-corrected chi connectivity index (χ2v) is 3.54. The molecule has 0 bridgehead atoms. The normalized spacial score (nSPS) is 17.8. The van der Waals surface area contributed by atoms with E-state index in [1.807, 2.05) is 54.5 Å². The van der Waals surface area contributed by atoms with Gasteiger partial charge in [0, 0.05) is 0 Å². The van der Waals surface area contributed by atoms with Crippen molar-refractivity contribution in [3.05, 3.63) is 59.9 Å². The summed E-state index contributed by atoms with van der Waals surface area (Å²) >= 11 is 0. The summed E-state index contributed by atoms with van der Waals surface area (Å²) in [7, 11) is 1.49. The Kier molecular flexibility index (Phi) is 3.04. The van der Waals surface area contributed by atoms with Crippen LogP contribution in [0.1, 0.15) is 5.56 Å². The van der Waals surface area contributed by atoms with Crippen LogP contribution in [0.15, 0.2) is 54.3 Å². The van der Waals surface area contributed by atoms with Gasteiger partial charge in [0.25, 0.3) is 0 Å². The predicted molar refractivity (Wildman–Crippen MR) is 63.3 cm³/mol. The summed E-state index contributed by atoms with van der Waals surface area (Å²) in [5, 5.41) is 0. The Bertz CT molecular complexity index is 477. The second-order valence-electron chi connectivity index (χ2n) is 3.54. The second kappa shape index (κ2) is 4.65. The maximum absolute atomic E-state index is 10.6. The number of carbonyl (C=O) groups excluding carboxylic acids is 1. The van der Waals surface area contributed by atoms with Crippen LogP contribution in [-0.4, -0.2) is 13.1 Å². The van der Waals surface area contributed by atoms with Gasteiger partial charge in [0.2, 0.25) is 0 Å². The number of rotatable bonds is 3. The lowest BCUT2D eigenvalue weighted by Gasteiger charge is -2.04. The zero-order valence-electron chi connectivity index (χ0n) is 9.01. The van der Waals surface area contributed by atoms with Crippen molar-refractivity contribution in [3.63, 3.8) is 0 Å². The standard InChI is InChI=1S/C14H12O2/c1-16-14(10-15)13-8-7-12(9-13)11-5-3-2-4-6-11/h2-9,13H,1H3. The molecule has 0 saturated heterocycles. The lowest BCUT2D eigenvalue weighted by atomic mass is 10.1. The first-order chi connectivity index (χ1) is 7.85. The van der Waals surface area contributed by atoms with Crippen LogP contribution in [0.2, 0.25) is 0 Å². The number of benzene rings is 1. The van der Waals surface area contributed by atoms with Gasteiger partial charge >= 0.3 is 0 Å². The SMILES string of the molecule is COC(=C=O)C1C=CC(c2ccccc2)=C1. The van der Waals surface area contributed by atoms with Crippen molar-refractivity contribution in [3.8, 4) is 0 Å². The van der Waals surface area contributed by atoms with Crippen LogP contribution < -0.4 is 0 Å². The van der Waals surface area contributed by atoms with Gasteiger partial charge in [0.05, 0.1) is 13.0 Å². The fourth-order valence-corrected chi connectivity index (χ4v) is 1.74. The Hall–Kier alpha value is -2.05. The number of methoxy groups -OCH3 is 1. The highest BCUT2D eigenvalue weighted by Gasteiger charge is 2.16. The number of ether oxygens (including phenoxy) is 1. The van der Waals surface area contributed by atoms with E-state index in [1.54, 1.807) is 0 Å². The van der Waals surface area contributed by atoms with Gasteiger partial charge < -0.3 is 4.74 Å². The van der Waals surface area contributed by atoms with Gasteiger partial charge in [0.1, 0.15) is 0 Å². The molecule has 0 saturated carbocycles. The van der Waals surface area contributed by atoms with Crippen LogP contribution in [0, 0.1) is 5.92 Å². The molecule has 2 nitrogen and oxygen atoms in total.